The van der Waals surface area contributed by atoms with Crippen LogP contribution in [0.1, 0.15) is 12.8 Å². The summed E-state index contributed by atoms with van der Waals surface area (Å²) in [6.45, 7) is -0.404. The average molecular weight is 307 g/mol. The molecule has 2 amide bonds. The number of carbonyl (C=O) groups is 4. The number of amides is 2. The minimum atomic E-state index is -1.23. The fourth-order valence-electron chi connectivity index (χ4n) is 1.11. The number of rotatable bonds is 9. The van der Waals surface area contributed by atoms with Crippen molar-refractivity contribution < 1.29 is 29.4 Å². The van der Waals surface area contributed by atoms with Gasteiger partial charge in [0.05, 0.1) is 6.54 Å². The van der Waals surface area contributed by atoms with Crippen LogP contribution in [0.3, 0.4) is 0 Å². The van der Waals surface area contributed by atoms with Gasteiger partial charge in [0.1, 0.15) is 12.1 Å². The highest BCUT2D eigenvalue weighted by Gasteiger charge is 2.18. The highest BCUT2D eigenvalue weighted by molar-refractivity contribution is 7.80. The van der Waals surface area contributed by atoms with Crippen molar-refractivity contribution in [3.63, 3.8) is 0 Å². The van der Waals surface area contributed by atoms with Gasteiger partial charge in [0.2, 0.25) is 11.8 Å². The fraction of sp³-hybridized carbons (Fsp3) is 0.600. The van der Waals surface area contributed by atoms with Gasteiger partial charge in [-0.05, 0) is 6.42 Å². The zero-order chi connectivity index (χ0) is 15.7. The molecule has 0 fully saturated rings. The van der Waals surface area contributed by atoms with Gasteiger partial charge in [-0.15, -0.1) is 0 Å². The van der Waals surface area contributed by atoms with Crippen molar-refractivity contribution in [2.45, 2.75) is 24.9 Å². The number of carboxylic acid groups (broad SMARTS) is 2. The van der Waals surface area contributed by atoms with Crippen molar-refractivity contribution in [3.8, 4) is 0 Å². The largest absolute Gasteiger partial charge is 0.480 e. The average Bonchev–Trinajstić information content (AvgIpc) is 2.38. The number of aliphatic carboxylic acids is 2. The normalized spacial score (nSPS) is 13.1. The van der Waals surface area contributed by atoms with Crippen LogP contribution in [0.4, 0.5) is 0 Å². The van der Waals surface area contributed by atoms with Gasteiger partial charge >= 0.3 is 11.9 Å². The van der Waals surface area contributed by atoms with Crippen molar-refractivity contribution in [1.82, 2.24) is 10.6 Å². The molecule has 0 bridgehead atoms. The molecule has 2 atom stereocenters. The Bertz CT molecular complexity index is 389. The van der Waals surface area contributed by atoms with Crippen LogP contribution in [-0.4, -0.2) is 58.3 Å². The molecule has 0 aliphatic rings. The third-order valence-electron chi connectivity index (χ3n) is 2.26. The molecule has 6 N–H and O–H groups in total. The third-order valence-corrected chi connectivity index (χ3v) is 2.63. The molecule has 0 rings (SSSR count). The lowest BCUT2D eigenvalue weighted by molar-refractivity contribution is -0.141. The quantitative estimate of drug-likeness (QED) is 0.263. The van der Waals surface area contributed by atoms with Gasteiger partial charge in [0, 0.05) is 12.2 Å². The van der Waals surface area contributed by atoms with Crippen molar-refractivity contribution >= 4 is 36.4 Å². The summed E-state index contributed by atoms with van der Waals surface area (Å²) >= 11 is 3.76. The summed E-state index contributed by atoms with van der Waals surface area (Å²) in [5, 5.41) is 21.6. The summed E-state index contributed by atoms with van der Waals surface area (Å²) < 4.78 is 0. The van der Waals surface area contributed by atoms with Gasteiger partial charge in [0.25, 0.3) is 0 Å². The lowest BCUT2D eigenvalue weighted by atomic mass is 10.1. The first-order valence-corrected chi connectivity index (χ1v) is 6.29. The van der Waals surface area contributed by atoms with Crippen LogP contribution < -0.4 is 16.4 Å². The van der Waals surface area contributed by atoms with Gasteiger partial charge in [-0.2, -0.15) is 12.6 Å². The second kappa shape index (κ2) is 9.15. The molecule has 0 aliphatic carbocycles. The maximum absolute atomic E-state index is 11.3. The van der Waals surface area contributed by atoms with Crippen LogP contribution in [0, 0.1) is 0 Å². The van der Waals surface area contributed by atoms with E-state index in [1.807, 2.05) is 0 Å². The Morgan fingerprint density at radius 3 is 2.15 bits per heavy atom. The van der Waals surface area contributed by atoms with Crippen molar-refractivity contribution in [1.29, 1.82) is 0 Å². The standard InChI is InChI=1S/C10H17N3O6S/c11-5(9(16)17)1-2-7(14)12-3-8(15)13-6(4-20)10(18)19/h5-6,20H,1-4,11H2,(H,12,14)(H,13,15)(H,16,17)(H,18,19)/t5-,6-/m0/s1. The number of carbonyl (C=O) groups excluding carboxylic acids is 2. The molecular formula is C10H17N3O6S. The molecule has 0 saturated carbocycles. The van der Waals surface area contributed by atoms with Crippen LogP contribution >= 0.6 is 12.6 Å². The van der Waals surface area contributed by atoms with Crippen LogP contribution in [0.5, 0.6) is 0 Å². The third kappa shape index (κ3) is 7.59. The van der Waals surface area contributed by atoms with E-state index < -0.39 is 42.4 Å². The van der Waals surface area contributed by atoms with Gasteiger partial charge in [-0.25, -0.2) is 4.79 Å². The molecule has 0 saturated heterocycles. The number of hydrogen-bond donors (Lipinski definition) is 6. The Morgan fingerprint density at radius 1 is 1.10 bits per heavy atom. The van der Waals surface area contributed by atoms with Gasteiger partial charge in [-0.3, -0.25) is 14.4 Å². The first-order valence-electron chi connectivity index (χ1n) is 5.66. The SMILES string of the molecule is N[C@@H](CCC(=O)NCC(=O)N[C@@H](CS)C(=O)O)C(=O)O. The van der Waals surface area contributed by atoms with Crippen molar-refractivity contribution in [2.24, 2.45) is 5.73 Å². The Morgan fingerprint density at radius 2 is 1.70 bits per heavy atom. The summed E-state index contributed by atoms with van der Waals surface area (Å²) in [5.41, 5.74) is 5.21. The highest BCUT2D eigenvalue weighted by atomic mass is 32.1. The molecule has 0 aromatic carbocycles. The molecule has 114 valence electrons. The maximum Gasteiger partial charge on any atom is 0.327 e. The van der Waals surface area contributed by atoms with E-state index >= 15 is 0 Å². The molecule has 0 radical (unpaired) electrons. The second-order valence-corrected chi connectivity index (χ2v) is 4.27. The predicted molar refractivity (Wildman–Crippen MR) is 71.3 cm³/mol. The molecule has 0 heterocycles. The summed E-state index contributed by atoms with van der Waals surface area (Å²) in [5.74, 6) is -3.75. The first-order chi connectivity index (χ1) is 9.27. The van der Waals surface area contributed by atoms with E-state index in [0.29, 0.717) is 0 Å². The lowest BCUT2D eigenvalue weighted by Crippen LogP contribution is -2.46. The maximum atomic E-state index is 11.3. The van der Waals surface area contributed by atoms with Gasteiger partial charge < -0.3 is 26.6 Å². The van der Waals surface area contributed by atoms with Gasteiger partial charge in [-0.1, -0.05) is 0 Å². The number of nitrogens with one attached hydrogen (secondary N) is 2. The summed E-state index contributed by atoms with van der Waals surface area (Å²) in [6, 6.07) is -2.28. The Hall–Kier alpha value is -1.81. The number of nitrogens with two attached hydrogens (primary N) is 1. The van der Waals surface area contributed by atoms with E-state index in [1.54, 1.807) is 0 Å². The molecule has 0 aromatic rings. The number of thiol groups is 1. The predicted octanol–water partition coefficient (Wildman–Crippen LogP) is -2.21. The Balaban J connectivity index is 3.97. The summed E-state index contributed by atoms with van der Waals surface area (Å²) in [6.07, 6.45) is -0.202. The highest BCUT2D eigenvalue weighted by Crippen LogP contribution is 1.94. The van der Waals surface area contributed by atoms with E-state index in [9.17, 15) is 19.2 Å². The Labute approximate surface area is 120 Å². The summed E-state index contributed by atoms with van der Waals surface area (Å²) in [7, 11) is 0. The van der Waals surface area contributed by atoms with E-state index in [4.69, 9.17) is 15.9 Å². The second-order valence-electron chi connectivity index (χ2n) is 3.90. The summed E-state index contributed by atoms with van der Waals surface area (Å²) in [4.78, 5) is 43.7. The lowest BCUT2D eigenvalue weighted by Gasteiger charge is -2.12. The molecular weight excluding hydrogens is 290 g/mol. The van der Waals surface area contributed by atoms with Crippen molar-refractivity contribution in [3.05, 3.63) is 0 Å². The van der Waals surface area contributed by atoms with Crippen LogP contribution in [0.15, 0.2) is 0 Å². The minimum Gasteiger partial charge on any atom is -0.480 e. The molecule has 0 spiro atoms. The first kappa shape index (κ1) is 18.2. The topological polar surface area (TPSA) is 159 Å². The van der Waals surface area contributed by atoms with Crippen LogP contribution in [-0.2, 0) is 19.2 Å². The molecule has 20 heavy (non-hydrogen) atoms. The Kier molecular flexibility index (Phi) is 8.32. The zero-order valence-corrected chi connectivity index (χ0v) is 11.4. The van der Waals surface area contributed by atoms with Crippen molar-refractivity contribution in [2.75, 3.05) is 12.3 Å². The zero-order valence-electron chi connectivity index (χ0n) is 10.5. The number of hydrogen-bond acceptors (Lipinski definition) is 6. The smallest absolute Gasteiger partial charge is 0.327 e. The van der Waals surface area contributed by atoms with E-state index in [2.05, 4.69) is 23.3 Å². The molecule has 9 nitrogen and oxygen atoms in total. The van der Waals surface area contributed by atoms with Crippen LogP contribution in [0.25, 0.3) is 0 Å². The van der Waals surface area contributed by atoms with Gasteiger partial charge in [0.15, 0.2) is 0 Å². The molecule has 0 aromatic heterocycles. The van der Waals surface area contributed by atoms with E-state index in [1.165, 1.54) is 0 Å². The fourth-order valence-corrected chi connectivity index (χ4v) is 1.36. The van der Waals surface area contributed by atoms with E-state index in [-0.39, 0.29) is 18.6 Å². The molecule has 10 heteroatoms. The molecule has 0 unspecified atom stereocenters. The minimum absolute atomic E-state index is 0.0584. The molecule has 0 aliphatic heterocycles. The van der Waals surface area contributed by atoms with Crippen LogP contribution in [0.2, 0.25) is 0 Å². The monoisotopic (exact) mass is 307 g/mol. The number of carboxylic acids is 2. The van der Waals surface area contributed by atoms with E-state index in [0.717, 1.165) is 0 Å².